The molecule has 0 radical (unpaired) electrons. The fourth-order valence-corrected chi connectivity index (χ4v) is 2.53. The van der Waals surface area contributed by atoms with Gasteiger partial charge in [-0.1, -0.05) is 43.3 Å². The van der Waals surface area contributed by atoms with Crippen LogP contribution in [-0.2, 0) is 16.1 Å². The number of rotatable bonds is 7. The van der Waals surface area contributed by atoms with Crippen molar-refractivity contribution in [3.05, 3.63) is 59.7 Å². The van der Waals surface area contributed by atoms with Crippen molar-refractivity contribution >= 4 is 23.2 Å². The Labute approximate surface area is 149 Å². The molecule has 25 heavy (non-hydrogen) atoms. The summed E-state index contributed by atoms with van der Waals surface area (Å²) in [5, 5.41) is 5.77. The molecule has 2 amide bonds. The van der Waals surface area contributed by atoms with Crippen molar-refractivity contribution < 1.29 is 9.59 Å². The van der Waals surface area contributed by atoms with Crippen LogP contribution in [0, 0.1) is 6.92 Å². The molecule has 0 aliphatic rings. The van der Waals surface area contributed by atoms with Crippen LogP contribution in [0.1, 0.15) is 24.5 Å². The normalized spacial score (nSPS) is 10.6. The van der Waals surface area contributed by atoms with Gasteiger partial charge in [-0.25, -0.2) is 0 Å². The van der Waals surface area contributed by atoms with Gasteiger partial charge in [0.15, 0.2) is 0 Å². The summed E-state index contributed by atoms with van der Waals surface area (Å²) in [6.45, 7) is 4.69. The molecule has 0 spiro atoms. The monoisotopic (exact) mass is 339 g/mol. The Bertz CT molecular complexity index is 729. The molecule has 0 bridgehead atoms. The van der Waals surface area contributed by atoms with Crippen LogP contribution >= 0.6 is 0 Å². The minimum atomic E-state index is -0.0829. The van der Waals surface area contributed by atoms with Gasteiger partial charge in [-0.15, -0.1) is 0 Å². The summed E-state index contributed by atoms with van der Waals surface area (Å²) >= 11 is 0. The quantitative estimate of drug-likeness (QED) is 0.812. The molecule has 132 valence electrons. The van der Waals surface area contributed by atoms with E-state index >= 15 is 0 Å². The van der Waals surface area contributed by atoms with Gasteiger partial charge in [-0.2, -0.15) is 0 Å². The fourth-order valence-electron chi connectivity index (χ4n) is 2.53. The third-order valence-electron chi connectivity index (χ3n) is 3.91. The molecule has 0 aromatic heterocycles. The SMILES string of the molecule is CCC(=O)Nc1cccc(NC(=O)CN(C)Cc2ccccc2)c1C. The van der Waals surface area contributed by atoms with E-state index in [0.29, 0.717) is 25.2 Å². The lowest BCUT2D eigenvalue weighted by Crippen LogP contribution is -2.30. The van der Waals surface area contributed by atoms with Crippen molar-refractivity contribution in [2.45, 2.75) is 26.8 Å². The number of nitrogens with zero attached hydrogens (tertiary/aromatic N) is 1. The lowest BCUT2D eigenvalue weighted by Gasteiger charge is -2.18. The van der Waals surface area contributed by atoms with Gasteiger partial charge in [0, 0.05) is 24.3 Å². The van der Waals surface area contributed by atoms with Crippen molar-refractivity contribution in [2.75, 3.05) is 24.2 Å². The van der Waals surface area contributed by atoms with Crippen LogP contribution in [0.2, 0.25) is 0 Å². The highest BCUT2D eigenvalue weighted by molar-refractivity contribution is 5.96. The van der Waals surface area contributed by atoms with Crippen molar-refractivity contribution in [2.24, 2.45) is 0 Å². The van der Waals surface area contributed by atoms with E-state index in [1.54, 1.807) is 6.92 Å². The summed E-state index contributed by atoms with van der Waals surface area (Å²) in [5.74, 6) is -0.130. The zero-order valence-electron chi connectivity index (χ0n) is 15.0. The average Bonchev–Trinajstić information content (AvgIpc) is 2.59. The van der Waals surface area contributed by atoms with E-state index in [2.05, 4.69) is 10.6 Å². The number of carbonyl (C=O) groups excluding carboxylic acids is 2. The third kappa shape index (κ3) is 5.72. The Hall–Kier alpha value is -2.66. The second kappa shape index (κ2) is 8.99. The molecule has 2 N–H and O–H groups in total. The number of anilines is 2. The number of hydrogen-bond donors (Lipinski definition) is 2. The van der Waals surface area contributed by atoms with Gasteiger partial charge in [-0.05, 0) is 37.2 Å². The van der Waals surface area contributed by atoms with E-state index in [9.17, 15) is 9.59 Å². The van der Waals surface area contributed by atoms with E-state index < -0.39 is 0 Å². The maximum absolute atomic E-state index is 12.3. The molecule has 0 aliphatic carbocycles. The average molecular weight is 339 g/mol. The largest absolute Gasteiger partial charge is 0.326 e. The number of nitrogens with one attached hydrogen (secondary N) is 2. The van der Waals surface area contributed by atoms with Crippen molar-refractivity contribution in [3.63, 3.8) is 0 Å². The lowest BCUT2D eigenvalue weighted by atomic mass is 10.1. The van der Waals surface area contributed by atoms with Gasteiger partial charge in [-0.3, -0.25) is 14.5 Å². The molecule has 0 saturated heterocycles. The van der Waals surface area contributed by atoms with Crippen LogP contribution in [0.25, 0.3) is 0 Å². The minimum Gasteiger partial charge on any atom is -0.326 e. The highest BCUT2D eigenvalue weighted by Gasteiger charge is 2.11. The van der Waals surface area contributed by atoms with Gasteiger partial charge >= 0.3 is 0 Å². The molecule has 0 unspecified atom stereocenters. The molecule has 2 rings (SSSR count). The number of amides is 2. The Morgan fingerprint density at radius 2 is 1.52 bits per heavy atom. The summed E-state index contributed by atoms with van der Waals surface area (Å²) in [7, 11) is 1.91. The molecule has 2 aromatic rings. The van der Waals surface area contributed by atoms with Gasteiger partial charge in [0.1, 0.15) is 0 Å². The molecule has 0 aliphatic heterocycles. The first kappa shape index (κ1) is 18.7. The Balaban J connectivity index is 1.96. The predicted molar refractivity (Wildman–Crippen MR) is 102 cm³/mol. The molecule has 0 atom stereocenters. The molecule has 0 heterocycles. The van der Waals surface area contributed by atoms with E-state index in [1.807, 2.05) is 67.4 Å². The highest BCUT2D eigenvalue weighted by atomic mass is 16.2. The summed E-state index contributed by atoms with van der Waals surface area (Å²) < 4.78 is 0. The summed E-state index contributed by atoms with van der Waals surface area (Å²) in [4.78, 5) is 25.9. The van der Waals surface area contributed by atoms with Crippen molar-refractivity contribution in [1.82, 2.24) is 4.90 Å². The first-order valence-electron chi connectivity index (χ1n) is 8.41. The summed E-state index contributed by atoms with van der Waals surface area (Å²) in [6, 6.07) is 15.5. The Morgan fingerprint density at radius 1 is 0.920 bits per heavy atom. The minimum absolute atomic E-state index is 0.0471. The summed E-state index contributed by atoms with van der Waals surface area (Å²) in [6.07, 6.45) is 0.417. The molecular weight excluding hydrogens is 314 g/mol. The standard InChI is InChI=1S/C20H25N3O2/c1-4-19(24)21-17-11-8-12-18(15(17)2)22-20(25)14-23(3)13-16-9-6-5-7-10-16/h5-12H,4,13-14H2,1-3H3,(H,21,24)(H,22,25). The zero-order valence-corrected chi connectivity index (χ0v) is 15.0. The fraction of sp³-hybridized carbons (Fsp3) is 0.300. The predicted octanol–water partition coefficient (Wildman–Crippen LogP) is 3.41. The molecular formula is C20H25N3O2. The van der Waals surface area contributed by atoms with Crippen LogP contribution in [0.3, 0.4) is 0 Å². The van der Waals surface area contributed by atoms with Crippen LogP contribution < -0.4 is 10.6 Å². The first-order chi connectivity index (χ1) is 12.0. The van der Waals surface area contributed by atoms with E-state index in [1.165, 1.54) is 5.56 Å². The van der Waals surface area contributed by atoms with Gasteiger partial charge in [0.05, 0.1) is 6.54 Å². The summed E-state index contributed by atoms with van der Waals surface area (Å²) in [5.41, 5.74) is 3.45. The Kier molecular flexibility index (Phi) is 6.71. The van der Waals surface area contributed by atoms with Crippen molar-refractivity contribution in [3.8, 4) is 0 Å². The van der Waals surface area contributed by atoms with E-state index in [0.717, 1.165) is 11.3 Å². The van der Waals surface area contributed by atoms with E-state index in [4.69, 9.17) is 0 Å². The second-order valence-electron chi connectivity index (χ2n) is 6.09. The highest BCUT2D eigenvalue weighted by Crippen LogP contribution is 2.23. The molecule has 0 saturated carbocycles. The Morgan fingerprint density at radius 3 is 2.12 bits per heavy atom. The van der Waals surface area contributed by atoms with Crippen LogP contribution in [0.15, 0.2) is 48.5 Å². The van der Waals surface area contributed by atoms with Crippen LogP contribution in [0.5, 0.6) is 0 Å². The number of hydrogen-bond acceptors (Lipinski definition) is 3. The molecule has 5 heteroatoms. The molecule has 2 aromatic carbocycles. The molecule has 0 fully saturated rings. The first-order valence-corrected chi connectivity index (χ1v) is 8.41. The number of benzene rings is 2. The van der Waals surface area contributed by atoms with Gasteiger partial charge in [0.2, 0.25) is 11.8 Å². The smallest absolute Gasteiger partial charge is 0.238 e. The maximum atomic E-state index is 12.3. The number of carbonyl (C=O) groups is 2. The third-order valence-corrected chi connectivity index (χ3v) is 3.91. The second-order valence-corrected chi connectivity index (χ2v) is 6.09. The van der Waals surface area contributed by atoms with Gasteiger partial charge < -0.3 is 10.6 Å². The van der Waals surface area contributed by atoms with Crippen molar-refractivity contribution in [1.29, 1.82) is 0 Å². The topological polar surface area (TPSA) is 61.4 Å². The van der Waals surface area contributed by atoms with Crippen LogP contribution in [-0.4, -0.2) is 30.3 Å². The molecule has 5 nitrogen and oxygen atoms in total. The van der Waals surface area contributed by atoms with E-state index in [-0.39, 0.29) is 11.8 Å². The van der Waals surface area contributed by atoms with Crippen LogP contribution in [0.4, 0.5) is 11.4 Å². The van der Waals surface area contributed by atoms with Gasteiger partial charge in [0.25, 0.3) is 0 Å². The lowest BCUT2D eigenvalue weighted by molar-refractivity contribution is -0.117. The zero-order chi connectivity index (χ0) is 18.2. The maximum Gasteiger partial charge on any atom is 0.238 e. The number of likely N-dealkylation sites (N-methyl/N-ethyl adjacent to an activating group) is 1.